The van der Waals surface area contributed by atoms with Crippen molar-refractivity contribution in [3.63, 3.8) is 0 Å². The average molecular weight is 264 g/mol. The van der Waals surface area contributed by atoms with Gasteiger partial charge in [0.05, 0.1) is 0 Å². The van der Waals surface area contributed by atoms with Gasteiger partial charge in [0, 0.05) is 30.2 Å². The van der Waals surface area contributed by atoms with Crippen molar-refractivity contribution in [1.29, 1.82) is 0 Å². The SMILES string of the molecule is Cc1cc(C)cc(Cn2cc(CN)c3ccccc32)c1. The van der Waals surface area contributed by atoms with E-state index < -0.39 is 0 Å². The molecule has 0 fully saturated rings. The predicted octanol–water partition coefficient (Wildman–Crippen LogP) is 3.77. The van der Waals surface area contributed by atoms with Crippen LogP contribution in [0.1, 0.15) is 22.3 Å². The third kappa shape index (κ3) is 2.35. The molecule has 0 saturated carbocycles. The minimum atomic E-state index is 0.584. The number of hydrogen-bond acceptors (Lipinski definition) is 1. The largest absolute Gasteiger partial charge is 0.343 e. The van der Waals surface area contributed by atoms with Crippen LogP contribution in [0.5, 0.6) is 0 Å². The van der Waals surface area contributed by atoms with Gasteiger partial charge in [-0.3, -0.25) is 0 Å². The van der Waals surface area contributed by atoms with E-state index in [1.54, 1.807) is 0 Å². The van der Waals surface area contributed by atoms with Gasteiger partial charge in [-0.05, 0) is 31.0 Å². The van der Waals surface area contributed by atoms with Crippen LogP contribution in [0.2, 0.25) is 0 Å². The third-order valence-electron chi connectivity index (χ3n) is 3.73. The molecule has 0 aliphatic rings. The van der Waals surface area contributed by atoms with E-state index in [0.29, 0.717) is 6.54 Å². The first-order chi connectivity index (χ1) is 9.67. The Labute approximate surface area is 119 Å². The highest BCUT2D eigenvalue weighted by Gasteiger charge is 2.07. The smallest absolute Gasteiger partial charge is 0.0486 e. The predicted molar refractivity (Wildman–Crippen MR) is 84.8 cm³/mol. The van der Waals surface area contributed by atoms with Crippen molar-refractivity contribution in [2.75, 3.05) is 0 Å². The summed E-state index contributed by atoms with van der Waals surface area (Å²) in [5.41, 5.74) is 12.3. The topological polar surface area (TPSA) is 30.9 Å². The van der Waals surface area contributed by atoms with Gasteiger partial charge in [0.25, 0.3) is 0 Å². The van der Waals surface area contributed by atoms with Crippen molar-refractivity contribution >= 4 is 10.9 Å². The number of aromatic nitrogens is 1. The molecule has 2 aromatic carbocycles. The Morgan fingerprint density at radius 2 is 1.70 bits per heavy atom. The molecule has 0 spiro atoms. The van der Waals surface area contributed by atoms with Crippen molar-refractivity contribution in [1.82, 2.24) is 4.57 Å². The Kier molecular flexibility index (Phi) is 3.33. The van der Waals surface area contributed by atoms with Gasteiger partial charge in [0.1, 0.15) is 0 Å². The van der Waals surface area contributed by atoms with E-state index in [9.17, 15) is 0 Å². The number of aryl methyl sites for hydroxylation is 2. The summed E-state index contributed by atoms with van der Waals surface area (Å²) >= 11 is 0. The Hall–Kier alpha value is -2.06. The Morgan fingerprint density at radius 3 is 2.40 bits per heavy atom. The molecular weight excluding hydrogens is 244 g/mol. The van der Waals surface area contributed by atoms with Crippen molar-refractivity contribution in [3.05, 3.63) is 70.9 Å². The van der Waals surface area contributed by atoms with Gasteiger partial charge in [-0.15, -0.1) is 0 Å². The van der Waals surface area contributed by atoms with Crippen LogP contribution < -0.4 is 5.73 Å². The highest BCUT2D eigenvalue weighted by molar-refractivity contribution is 5.84. The van der Waals surface area contributed by atoms with Crippen molar-refractivity contribution in [3.8, 4) is 0 Å². The molecule has 0 aliphatic carbocycles. The molecule has 0 amide bonds. The zero-order valence-corrected chi connectivity index (χ0v) is 12.1. The summed E-state index contributed by atoms with van der Waals surface area (Å²) in [6.45, 7) is 5.77. The Bertz CT molecular complexity index is 733. The summed E-state index contributed by atoms with van der Waals surface area (Å²) in [6, 6.07) is 15.2. The Balaban J connectivity index is 2.06. The minimum absolute atomic E-state index is 0.584. The summed E-state index contributed by atoms with van der Waals surface area (Å²) in [7, 11) is 0. The summed E-state index contributed by atoms with van der Waals surface area (Å²) in [4.78, 5) is 0. The zero-order chi connectivity index (χ0) is 14.1. The fourth-order valence-electron chi connectivity index (χ4n) is 2.97. The maximum atomic E-state index is 5.86. The molecule has 0 atom stereocenters. The maximum absolute atomic E-state index is 5.86. The Morgan fingerprint density at radius 1 is 1.00 bits per heavy atom. The minimum Gasteiger partial charge on any atom is -0.343 e. The molecule has 3 aromatic rings. The second-order valence-corrected chi connectivity index (χ2v) is 5.50. The fraction of sp³-hybridized carbons (Fsp3) is 0.222. The lowest BCUT2D eigenvalue weighted by molar-refractivity contribution is 0.827. The summed E-state index contributed by atoms with van der Waals surface area (Å²) in [6.07, 6.45) is 2.18. The molecule has 0 aliphatic heterocycles. The van der Waals surface area contributed by atoms with Crippen LogP contribution in [0.3, 0.4) is 0 Å². The molecule has 2 heteroatoms. The van der Waals surface area contributed by atoms with Crippen LogP contribution in [0.15, 0.2) is 48.7 Å². The van der Waals surface area contributed by atoms with Gasteiger partial charge in [-0.25, -0.2) is 0 Å². The second kappa shape index (κ2) is 5.14. The van der Waals surface area contributed by atoms with Crippen molar-refractivity contribution < 1.29 is 0 Å². The second-order valence-electron chi connectivity index (χ2n) is 5.50. The van der Waals surface area contributed by atoms with Gasteiger partial charge in [-0.1, -0.05) is 47.5 Å². The number of rotatable bonds is 3. The monoisotopic (exact) mass is 264 g/mol. The average Bonchev–Trinajstić information content (AvgIpc) is 2.76. The molecule has 0 radical (unpaired) electrons. The quantitative estimate of drug-likeness (QED) is 0.767. The van der Waals surface area contributed by atoms with Crippen molar-refractivity contribution in [2.24, 2.45) is 5.73 Å². The summed E-state index contributed by atoms with van der Waals surface area (Å²) < 4.78 is 2.30. The van der Waals surface area contributed by atoms with Crippen LogP contribution in [0, 0.1) is 13.8 Å². The van der Waals surface area contributed by atoms with E-state index in [1.807, 2.05) is 0 Å². The number of nitrogens with two attached hydrogens (primary N) is 1. The lowest BCUT2D eigenvalue weighted by atomic mass is 10.1. The standard InChI is InChI=1S/C18H20N2/c1-13-7-14(2)9-15(8-13)11-20-12-16(10-19)17-5-3-4-6-18(17)20/h3-9,12H,10-11,19H2,1-2H3. The molecule has 2 nitrogen and oxygen atoms in total. The van der Waals surface area contributed by atoms with Crippen molar-refractivity contribution in [2.45, 2.75) is 26.9 Å². The molecule has 0 saturated heterocycles. The lowest BCUT2D eigenvalue weighted by Crippen LogP contribution is -1.99. The molecule has 1 aromatic heterocycles. The number of fused-ring (bicyclic) bond motifs is 1. The first-order valence-corrected chi connectivity index (χ1v) is 7.01. The van der Waals surface area contributed by atoms with Crippen LogP contribution in [0.25, 0.3) is 10.9 Å². The first-order valence-electron chi connectivity index (χ1n) is 7.01. The van der Waals surface area contributed by atoms with Gasteiger partial charge < -0.3 is 10.3 Å². The molecular formula is C18H20N2. The van der Waals surface area contributed by atoms with Crippen LogP contribution >= 0.6 is 0 Å². The highest BCUT2D eigenvalue weighted by Crippen LogP contribution is 2.22. The van der Waals surface area contributed by atoms with E-state index in [2.05, 4.69) is 67.1 Å². The molecule has 0 bridgehead atoms. The molecule has 1 heterocycles. The maximum Gasteiger partial charge on any atom is 0.0486 e. The molecule has 3 rings (SSSR count). The number of nitrogens with zero attached hydrogens (tertiary/aromatic N) is 1. The van der Waals surface area contributed by atoms with E-state index >= 15 is 0 Å². The van der Waals surface area contributed by atoms with E-state index in [4.69, 9.17) is 5.73 Å². The normalized spacial score (nSPS) is 11.2. The molecule has 102 valence electrons. The first kappa shape index (κ1) is 12.9. The number of hydrogen-bond donors (Lipinski definition) is 1. The van der Waals surface area contributed by atoms with Gasteiger partial charge in [0.2, 0.25) is 0 Å². The fourth-order valence-corrected chi connectivity index (χ4v) is 2.97. The number of benzene rings is 2. The van der Waals surface area contributed by atoms with Gasteiger partial charge >= 0.3 is 0 Å². The van der Waals surface area contributed by atoms with Crippen LogP contribution in [-0.2, 0) is 13.1 Å². The summed E-state index contributed by atoms with van der Waals surface area (Å²) in [5, 5.41) is 1.26. The van der Waals surface area contributed by atoms with Gasteiger partial charge in [-0.2, -0.15) is 0 Å². The van der Waals surface area contributed by atoms with E-state index in [1.165, 1.54) is 33.2 Å². The van der Waals surface area contributed by atoms with E-state index in [-0.39, 0.29) is 0 Å². The molecule has 20 heavy (non-hydrogen) atoms. The molecule has 0 unspecified atom stereocenters. The van der Waals surface area contributed by atoms with Crippen LogP contribution in [0.4, 0.5) is 0 Å². The number of para-hydroxylation sites is 1. The zero-order valence-electron chi connectivity index (χ0n) is 12.1. The molecule has 2 N–H and O–H groups in total. The van der Waals surface area contributed by atoms with Gasteiger partial charge in [0.15, 0.2) is 0 Å². The highest BCUT2D eigenvalue weighted by atomic mass is 15.0. The van der Waals surface area contributed by atoms with Crippen LogP contribution in [-0.4, -0.2) is 4.57 Å². The summed E-state index contributed by atoms with van der Waals surface area (Å²) in [5.74, 6) is 0. The van der Waals surface area contributed by atoms with E-state index in [0.717, 1.165) is 6.54 Å². The lowest BCUT2D eigenvalue weighted by Gasteiger charge is -2.08. The third-order valence-corrected chi connectivity index (χ3v) is 3.73.